The summed E-state index contributed by atoms with van der Waals surface area (Å²) in [5.41, 5.74) is 5.61. The Hall–Kier alpha value is -0.0800. The molecule has 0 amide bonds. The van der Waals surface area contributed by atoms with Gasteiger partial charge in [0.1, 0.15) is 0 Å². The standard InChI is InChI=1S/C11H24N2/c1-3-10-6-4-5-7-11(10)13-9(2)8-12/h9-11,13H,3-8,12H2,1-2H3. The van der Waals surface area contributed by atoms with E-state index in [4.69, 9.17) is 5.73 Å². The molecule has 2 heteroatoms. The van der Waals surface area contributed by atoms with E-state index < -0.39 is 0 Å². The van der Waals surface area contributed by atoms with Crippen LogP contribution in [-0.4, -0.2) is 18.6 Å². The van der Waals surface area contributed by atoms with E-state index in [-0.39, 0.29) is 0 Å². The van der Waals surface area contributed by atoms with Crippen LogP contribution in [-0.2, 0) is 0 Å². The van der Waals surface area contributed by atoms with Gasteiger partial charge in [0.25, 0.3) is 0 Å². The fraction of sp³-hybridized carbons (Fsp3) is 1.00. The molecule has 1 fully saturated rings. The van der Waals surface area contributed by atoms with Crippen LogP contribution >= 0.6 is 0 Å². The molecule has 3 N–H and O–H groups in total. The van der Waals surface area contributed by atoms with E-state index in [1.165, 1.54) is 32.1 Å². The zero-order chi connectivity index (χ0) is 9.68. The SMILES string of the molecule is CCC1CCCCC1NC(C)CN. The van der Waals surface area contributed by atoms with Crippen LogP contribution in [0.2, 0.25) is 0 Å². The van der Waals surface area contributed by atoms with Gasteiger partial charge >= 0.3 is 0 Å². The van der Waals surface area contributed by atoms with E-state index in [9.17, 15) is 0 Å². The Morgan fingerprint density at radius 2 is 2.08 bits per heavy atom. The van der Waals surface area contributed by atoms with Crippen molar-refractivity contribution in [2.24, 2.45) is 11.7 Å². The molecule has 0 saturated heterocycles. The molecular formula is C11H24N2. The molecule has 2 nitrogen and oxygen atoms in total. The Labute approximate surface area is 82.3 Å². The topological polar surface area (TPSA) is 38.0 Å². The van der Waals surface area contributed by atoms with Crippen LogP contribution in [0.3, 0.4) is 0 Å². The fourth-order valence-electron chi connectivity index (χ4n) is 2.35. The quantitative estimate of drug-likeness (QED) is 0.700. The summed E-state index contributed by atoms with van der Waals surface area (Å²) in [7, 11) is 0. The molecule has 0 bridgehead atoms. The zero-order valence-corrected chi connectivity index (χ0v) is 9.05. The minimum Gasteiger partial charge on any atom is -0.329 e. The van der Waals surface area contributed by atoms with Crippen molar-refractivity contribution in [3.8, 4) is 0 Å². The molecule has 0 spiro atoms. The first-order valence-corrected chi connectivity index (χ1v) is 5.74. The smallest absolute Gasteiger partial charge is 0.0164 e. The third-order valence-corrected chi connectivity index (χ3v) is 3.29. The molecule has 0 heterocycles. The van der Waals surface area contributed by atoms with Gasteiger partial charge in [-0.15, -0.1) is 0 Å². The maximum absolute atomic E-state index is 5.61. The lowest BCUT2D eigenvalue weighted by atomic mass is 9.82. The molecular weight excluding hydrogens is 160 g/mol. The van der Waals surface area contributed by atoms with Crippen molar-refractivity contribution < 1.29 is 0 Å². The Balaban J connectivity index is 2.35. The van der Waals surface area contributed by atoms with Crippen LogP contribution < -0.4 is 11.1 Å². The van der Waals surface area contributed by atoms with E-state index in [0.29, 0.717) is 6.04 Å². The van der Waals surface area contributed by atoms with Gasteiger partial charge in [-0.05, 0) is 25.7 Å². The first-order chi connectivity index (χ1) is 6.27. The minimum absolute atomic E-state index is 0.483. The summed E-state index contributed by atoms with van der Waals surface area (Å²) in [4.78, 5) is 0. The zero-order valence-electron chi connectivity index (χ0n) is 9.05. The average molecular weight is 184 g/mol. The Morgan fingerprint density at radius 3 is 2.69 bits per heavy atom. The van der Waals surface area contributed by atoms with Gasteiger partial charge in [0, 0.05) is 18.6 Å². The maximum atomic E-state index is 5.61. The van der Waals surface area contributed by atoms with E-state index >= 15 is 0 Å². The number of hydrogen-bond donors (Lipinski definition) is 2. The summed E-state index contributed by atoms with van der Waals surface area (Å²) in [5, 5.41) is 3.64. The summed E-state index contributed by atoms with van der Waals surface area (Å²) in [6.07, 6.45) is 6.89. The molecule has 0 aromatic heterocycles. The predicted octanol–water partition coefficient (Wildman–Crippen LogP) is 1.89. The predicted molar refractivity (Wildman–Crippen MR) is 57.7 cm³/mol. The van der Waals surface area contributed by atoms with Crippen LogP contribution in [0, 0.1) is 5.92 Å². The van der Waals surface area contributed by atoms with Crippen LogP contribution in [0.1, 0.15) is 46.0 Å². The van der Waals surface area contributed by atoms with Gasteiger partial charge in [-0.1, -0.05) is 26.2 Å². The van der Waals surface area contributed by atoms with Gasteiger partial charge in [0.05, 0.1) is 0 Å². The molecule has 3 unspecified atom stereocenters. The molecule has 13 heavy (non-hydrogen) atoms. The molecule has 3 atom stereocenters. The minimum atomic E-state index is 0.483. The summed E-state index contributed by atoms with van der Waals surface area (Å²) < 4.78 is 0. The van der Waals surface area contributed by atoms with Crippen molar-refractivity contribution in [1.29, 1.82) is 0 Å². The van der Waals surface area contributed by atoms with Crippen molar-refractivity contribution in [3.63, 3.8) is 0 Å². The molecule has 0 aromatic rings. The lowest BCUT2D eigenvalue weighted by Crippen LogP contribution is -2.45. The van der Waals surface area contributed by atoms with Crippen molar-refractivity contribution in [2.45, 2.75) is 58.0 Å². The molecule has 0 radical (unpaired) electrons. The van der Waals surface area contributed by atoms with Crippen LogP contribution in [0.25, 0.3) is 0 Å². The van der Waals surface area contributed by atoms with Crippen LogP contribution in [0.5, 0.6) is 0 Å². The summed E-state index contributed by atoms with van der Waals surface area (Å²) in [5.74, 6) is 0.891. The van der Waals surface area contributed by atoms with Crippen molar-refractivity contribution in [3.05, 3.63) is 0 Å². The second kappa shape index (κ2) is 5.61. The first-order valence-electron chi connectivity index (χ1n) is 5.74. The lowest BCUT2D eigenvalue weighted by Gasteiger charge is -2.33. The summed E-state index contributed by atoms with van der Waals surface area (Å²) in [6.45, 7) is 5.24. The number of rotatable bonds is 4. The third kappa shape index (κ3) is 3.28. The monoisotopic (exact) mass is 184 g/mol. The highest BCUT2D eigenvalue weighted by Crippen LogP contribution is 2.26. The molecule has 1 rings (SSSR count). The molecule has 0 aliphatic heterocycles. The number of nitrogens with one attached hydrogen (secondary N) is 1. The van der Waals surface area contributed by atoms with E-state index in [1.54, 1.807) is 0 Å². The van der Waals surface area contributed by atoms with Gasteiger partial charge in [0.15, 0.2) is 0 Å². The Kier molecular flexibility index (Phi) is 4.74. The molecule has 1 aliphatic carbocycles. The molecule has 1 aliphatic rings. The number of nitrogens with two attached hydrogens (primary N) is 1. The van der Waals surface area contributed by atoms with E-state index in [2.05, 4.69) is 19.2 Å². The van der Waals surface area contributed by atoms with Gasteiger partial charge in [-0.3, -0.25) is 0 Å². The van der Waals surface area contributed by atoms with E-state index in [1.807, 2.05) is 0 Å². The van der Waals surface area contributed by atoms with Gasteiger partial charge in [-0.25, -0.2) is 0 Å². The molecule has 78 valence electrons. The van der Waals surface area contributed by atoms with Crippen molar-refractivity contribution in [1.82, 2.24) is 5.32 Å². The second-order valence-electron chi connectivity index (χ2n) is 4.36. The molecule has 0 aromatic carbocycles. The van der Waals surface area contributed by atoms with Gasteiger partial charge < -0.3 is 11.1 Å². The maximum Gasteiger partial charge on any atom is 0.0164 e. The average Bonchev–Trinajstić information content (AvgIpc) is 2.18. The second-order valence-corrected chi connectivity index (χ2v) is 4.36. The normalized spacial score (nSPS) is 31.6. The fourth-order valence-corrected chi connectivity index (χ4v) is 2.35. The highest BCUT2D eigenvalue weighted by molar-refractivity contribution is 4.82. The highest BCUT2D eigenvalue weighted by atomic mass is 15.0. The first kappa shape index (κ1) is 11.0. The highest BCUT2D eigenvalue weighted by Gasteiger charge is 2.23. The van der Waals surface area contributed by atoms with E-state index in [0.717, 1.165) is 18.5 Å². The van der Waals surface area contributed by atoms with Gasteiger partial charge in [-0.2, -0.15) is 0 Å². The Bertz CT molecular complexity index is 136. The lowest BCUT2D eigenvalue weighted by molar-refractivity contribution is 0.241. The largest absolute Gasteiger partial charge is 0.329 e. The summed E-state index contributed by atoms with van der Waals surface area (Å²) >= 11 is 0. The van der Waals surface area contributed by atoms with Crippen molar-refractivity contribution in [2.75, 3.05) is 6.54 Å². The molecule has 1 saturated carbocycles. The third-order valence-electron chi connectivity index (χ3n) is 3.29. The van der Waals surface area contributed by atoms with Crippen molar-refractivity contribution >= 4 is 0 Å². The van der Waals surface area contributed by atoms with Gasteiger partial charge in [0.2, 0.25) is 0 Å². The summed E-state index contributed by atoms with van der Waals surface area (Å²) in [6, 6.07) is 1.22. The van der Waals surface area contributed by atoms with Crippen LogP contribution in [0.4, 0.5) is 0 Å². The Morgan fingerprint density at radius 1 is 1.38 bits per heavy atom. The van der Waals surface area contributed by atoms with Crippen LogP contribution in [0.15, 0.2) is 0 Å². The number of hydrogen-bond acceptors (Lipinski definition) is 2.